The molecule has 0 radical (unpaired) electrons. The van der Waals surface area contributed by atoms with Crippen LogP contribution in [0.2, 0.25) is 49.6 Å². The summed E-state index contributed by atoms with van der Waals surface area (Å²) in [6.07, 6.45) is 7.48. The van der Waals surface area contributed by atoms with Gasteiger partial charge in [0.25, 0.3) is 0 Å². The molecule has 1 aliphatic rings. The van der Waals surface area contributed by atoms with Crippen molar-refractivity contribution in [2.24, 2.45) is 0 Å². The first kappa shape index (κ1) is 35.8. The van der Waals surface area contributed by atoms with Gasteiger partial charge in [-0.1, -0.05) is 0 Å². The molecule has 1 heterocycles. The summed E-state index contributed by atoms with van der Waals surface area (Å²) in [6, 6.07) is 3.15. The Bertz CT molecular complexity index is 630. The van der Waals surface area contributed by atoms with E-state index in [1.807, 2.05) is 0 Å². The second kappa shape index (κ2) is 16.3. The van der Waals surface area contributed by atoms with Gasteiger partial charge in [0, 0.05) is 0 Å². The summed E-state index contributed by atoms with van der Waals surface area (Å²) in [5.74, 6) is 0.317. The van der Waals surface area contributed by atoms with E-state index in [1.165, 1.54) is 51.8 Å². The Labute approximate surface area is 237 Å². The molecule has 3 atom stereocenters. The van der Waals surface area contributed by atoms with Gasteiger partial charge in [0.05, 0.1) is 0 Å². The summed E-state index contributed by atoms with van der Waals surface area (Å²) in [4.78, 5) is 14.0. The molecule has 0 amide bonds. The number of carbonyl (C=O) groups is 1. The third-order valence-corrected chi connectivity index (χ3v) is 35.4. The summed E-state index contributed by atoms with van der Waals surface area (Å²) >= 11 is -2.76. The van der Waals surface area contributed by atoms with Gasteiger partial charge in [0.1, 0.15) is 0 Å². The zero-order chi connectivity index (χ0) is 28.3. The van der Waals surface area contributed by atoms with Crippen molar-refractivity contribution in [2.45, 2.75) is 173 Å². The van der Waals surface area contributed by atoms with E-state index >= 15 is 0 Å². The van der Waals surface area contributed by atoms with Gasteiger partial charge in [-0.05, 0) is 0 Å². The molecular formula is C30H64O4Si2Sn. The number of ketones is 1. The van der Waals surface area contributed by atoms with Gasteiger partial charge in [-0.25, -0.2) is 0 Å². The minimum absolute atomic E-state index is 0.128. The number of hydrogen-bond acceptors (Lipinski definition) is 4. The topological polar surface area (TPSA) is 44.8 Å². The second-order valence-corrected chi connectivity index (χ2v) is 36.8. The van der Waals surface area contributed by atoms with Crippen LogP contribution in [0.4, 0.5) is 0 Å². The van der Waals surface area contributed by atoms with Gasteiger partial charge >= 0.3 is 239 Å². The third kappa shape index (κ3) is 9.98. The van der Waals surface area contributed by atoms with Crippen LogP contribution in [0.5, 0.6) is 0 Å². The average Bonchev–Trinajstić information content (AvgIpc) is 2.86. The monoisotopic (exact) mass is 664 g/mol. The number of rotatable bonds is 18. The molecule has 0 aliphatic carbocycles. The molecule has 0 bridgehead atoms. The van der Waals surface area contributed by atoms with E-state index < -0.39 is 41.1 Å². The standard InChI is InChI=1S/C18H37O4Si2.3C4H9.Sn/c1-9-24(10-2,11-3)22-17-15(19)12-13-20-16(17)14-21-23(7,8)18(4,5)6;3*1-3-4-2;/h13,16-17H,9-12,14H2,1-8H3;3*1,3-4H2,2H3;/t16-,17-;;;;/m1..../s1. The molecule has 1 fully saturated rings. The number of Topliss-reactive ketones (excluding diaryl/α,β-unsaturated/α-hetero) is 1. The Morgan fingerprint density at radius 2 is 1.32 bits per heavy atom. The van der Waals surface area contributed by atoms with Crippen LogP contribution >= 0.6 is 0 Å². The Balaban J connectivity index is 3.41. The van der Waals surface area contributed by atoms with E-state index in [4.69, 9.17) is 13.6 Å². The van der Waals surface area contributed by atoms with Crippen LogP contribution in [0.15, 0.2) is 0 Å². The molecule has 0 saturated carbocycles. The van der Waals surface area contributed by atoms with Crippen molar-refractivity contribution < 1.29 is 18.4 Å². The number of hydrogen-bond donors (Lipinski definition) is 0. The summed E-state index contributed by atoms with van der Waals surface area (Å²) < 4.78 is 25.1. The molecule has 0 N–H and O–H groups in total. The molecule has 37 heavy (non-hydrogen) atoms. The first-order valence-electron chi connectivity index (χ1n) is 15.8. The zero-order valence-electron chi connectivity index (χ0n) is 26.8. The van der Waals surface area contributed by atoms with E-state index in [9.17, 15) is 4.79 Å². The first-order chi connectivity index (χ1) is 17.3. The molecule has 7 heteroatoms. The summed E-state index contributed by atoms with van der Waals surface area (Å²) in [5, 5.41) is 0.128. The Morgan fingerprint density at radius 3 is 1.70 bits per heavy atom. The SMILES string of the molecule is CCC[CH2][Sn]([CH2]CCC)([CH2]CCC)[C@@H]1CC(=O)[C@@H](O[Si](CC)(CC)CC)[C@@H](CO[Si](C)(C)C(C)(C)C)O1. The van der Waals surface area contributed by atoms with Crippen LogP contribution in [0.1, 0.15) is 107 Å². The Hall–Kier alpha value is 0.782. The quantitative estimate of drug-likeness (QED) is 0.137. The van der Waals surface area contributed by atoms with Crippen LogP contribution < -0.4 is 0 Å². The molecule has 4 nitrogen and oxygen atoms in total. The zero-order valence-corrected chi connectivity index (χ0v) is 31.6. The Morgan fingerprint density at radius 1 is 0.865 bits per heavy atom. The minimum atomic E-state index is -2.76. The molecule has 1 rings (SSSR count). The van der Waals surface area contributed by atoms with Crippen LogP contribution in [-0.2, 0) is 18.4 Å². The molecule has 0 aromatic heterocycles. The number of ether oxygens (including phenoxy) is 1. The normalized spacial score (nSPS) is 22.0. The van der Waals surface area contributed by atoms with Gasteiger partial charge < -0.3 is 0 Å². The van der Waals surface area contributed by atoms with Crippen LogP contribution in [0, 0.1) is 0 Å². The predicted octanol–water partition coefficient (Wildman–Crippen LogP) is 9.51. The predicted molar refractivity (Wildman–Crippen MR) is 168 cm³/mol. The van der Waals surface area contributed by atoms with Crippen LogP contribution in [-0.4, -0.2) is 63.7 Å². The van der Waals surface area contributed by atoms with Crippen molar-refractivity contribution in [1.82, 2.24) is 0 Å². The fraction of sp³-hybridized carbons (Fsp3) is 0.967. The number of carbonyl (C=O) groups excluding carboxylic acids is 1. The van der Waals surface area contributed by atoms with Gasteiger partial charge in [0.2, 0.25) is 0 Å². The fourth-order valence-corrected chi connectivity index (χ4v) is 26.6. The van der Waals surface area contributed by atoms with E-state index in [0.29, 0.717) is 18.8 Å². The number of unbranched alkanes of at least 4 members (excludes halogenated alkanes) is 3. The summed E-state index contributed by atoms with van der Waals surface area (Å²) in [6.45, 7) is 25.7. The first-order valence-corrected chi connectivity index (χ1v) is 28.9. The van der Waals surface area contributed by atoms with E-state index in [2.05, 4.69) is 75.4 Å². The van der Waals surface area contributed by atoms with Gasteiger partial charge in [-0.15, -0.1) is 0 Å². The molecule has 1 aliphatic heterocycles. The third-order valence-electron chi connectivity index (χ3n) is 9.87. The van der Waals surface area contributed by atoms with Crippen molar-refractivity contribution >= 4 is 40.8 Å². The van der Waals surface area contributed by atoms with E-state index in [1.54, 1.807) is 0 Å². The maximum atomic E-state index is 14.0. The fourth-order valence-electron chi connectivity index (χ4n) is 5.69. The van der Waals surface area contributed by atoms with Crippen molar-refractivity contribution in [3.8, 4) is 0 Å². The molecule has 220 valence electrons. The van der Waals surface area contributed by atoms with Gasteiger partial charge in [0.15, 0.2) is 0 Å². The van der Waals surface area contributed by atoms with Gasteiger partial charge in [-0.3, -0.25) is 0 Å². The van der Waals surface area contributed by atoms with Crippen molar-refractivity contribution in [3.63, 3.8) is 0 Å². The summed E-state index contributed by atoms with van der Waals surface area (Å²) in [7, 11) is -3.93. The molecule has 0 aromatic carbocycles. The second-order valence-electron chi connectivity index (χ2n) is 13.4. The van der Waals surface area contributed by atoms with Crippen LogP contribution in [0.3, 0.4) is 0 Å². The van der Waals surface area contributed by atoms with E-state index in [-0.39, 0.29) is 15.3 Å². The average molecular weight is 664 g/mol. The summed E-state index contributed by atoms with van der Waals surface area (Å²) in [5.41, 5.74) is 0. The maximum absolute atomic E-state index is 14.0. The van der Waals surface area contributed by atoms with E-state index in [0.717, 1.165) is 18.1 Å². The molecule has 1 saturated heterocycles. The molecule has 0 unspecified atom stereocenters. The van der Waals surface area contributed by atoms with Gasteiger partial charge in [-0.2, -0.15) is 0 Å². The van der Waals surface area contributed by atoms with Crippen molar-refractivity contribution in [3.05, 3.63) is 0 Å². The molecule has 0 spiro atoms. The molecular weight excluding hydrogens is 599 g/mol. The van der Waals surface area contributed by atoms with Crippen LogP contribution in [0.25, 0.3) is 0 Å². The molecule has 0 aromatic rings. The Kier molecular flexibility index (Phi) is 15.8. The van der Waals surface area contributed by atoms with Crippen molar-refractivity contribution in [2.75, 3.05) is 6.61 Å². The van der Waals surface area contributed by atoms with Crippen molar-refractivity contribution in [1.29, 1.82) is 0 Å².